The van der Waals surface area contributed by atoms with Gasteiger partial charge in [-0.2, -0.15) is 0 Å². The molecule has 10 heavy (non-hydrogen) atoms. The van der Waals surface area contributed by atoms with Gasteiger partial charge in [0.2, 0.25) is 0 Å². The fourth-order valence-corrected chi connectivity index (χ4v) is 1.49. The van der Waals surface area contributed by atoms with Gasteiger partial charge in [0.25, 0.3) is 0 Å². The highest BCUT2D eigenvalue weighted by Crippen LogP contribution is 2.31. The molecule has 0 amide bonds. The molecular formula is C9H18O. The predicted octanol–water partition coefficient (Wildman–Crippen LogP) is 2.60. The quantitative estimate of drug-likeness (QED) is 0.550. The van der Waals surface area contributed by atoms with Crippen LogP contribution in [0.25, 0.3) is 0 Å². The lowest BCUT2D eigenvalue weighted by Gasteiger charge is -2.05. The maximum atomic E-state index is 5.38. The molecule has 1 nitrogen and oxygen atoms in total. The second kappa shape index (κ2) is 3.38. The molecule has 1 saturated heterocycles. The molecule has 0 unspecified atom stereocenters. The maximum absolute atomic E-state index is 5.38. The van der Waals surface area contributed by atoms with E-state index >= 15 is 0 Å². The van der Waals surface area contributed by atoms with E-state index in [4.69, 9.17) is 4.74 Å². The summed E-state index contributed by atoms with van der Waals surface area (Å²) in [5.41, 5.74) is 0. The minimum Gasteiger partial charge on any atom is -0.370 e. The molecule has 1 aliphatic rings. The molecule has 0 aliphatic carbocycles. The van der Waals surface area contributed by atoms with Crippen LogP contribution in [0.2, 0.25) is 0 Å². The van der Waals surface area contributed by atoms with Crippen LogP contribution in [0, 0.1) is 5.92 Å². The van der Waals surface area contributed by atoms with Crippen molar-refractivity contribution in [3.8, 4) is 0 Å². The second-order valence-corrected chi connectivity index (χ2v) is 3.43. The summed E-state index contributed by atoms with van der Waals surface area (Å²) in [5, 5.41) is 0. The first kappa shape index (κ1) is 8.06. The molecule has 1 heteroatoms. The molecule has 60 valence electrons. The molecule has 1 fully saturated rings. The molecule has 1 aliphatic heterocycles. The van der Waals surface area contributed by atoms with E-state index < -0.39 is 0 Å². The summed E-state index contributed by atoms with van der Waals surface area (Å²) in [6, 6.07) is 0. The Morgan fingerprint density at radius 3 is 2.50 bits per heavy atom. The normalized spacial score (nSPS) is 33.9. The lowest BCUT2D eigenvalue weighted by molar-refractivity contribution is 0.316. The van der Waals surface area contributed by atoms with Crippen molar-refractivity contribution in [1.29, 1.82) is 0 Å². The number of hydrogen-bond acceptors (Lipinski definition) is 1. The number of rotatable bonds is 4. The number of epoxide rings is 1. The molecular weight excluding hydrogens is 124 g/mol. The molecule has 0 N–H and O–H groups in total. The summed E-state index contributed by atoms with van der Waals surface area (Å²) in [4.78, 5) is 0. The Balaban J connectivity index is 2.04. The Kier molecular flexibility index (Phi) is 2.72. The van der Waals surface area contributed by atoms with Gasteiger partial charge in [0, 0.05) is 0 Å². The SMILES string of the molecule is CCCC[C@@H](C)[C@H]1O[C@H]1C. The summed E-state index contributed by atoms with van der Waals surface area (Å²) in [6.07, 6.45) is 5.14. The van der Waals surface area contributed by atoms with Crippen LogP contribution in [-0.4, -0.2) is 12.2 Å². The predicted molar refractivity (Wildman–Crippen MR) is 43.0 cm³/mol. The van der Waals surface area contributed by atoms with E-state index in [1.165, 1.54) is 19.3 Å². The molecule has 0 bridgehead atoms. The number of hydrogen-bond donors (Lipinski definition) is 0. The lowest BCUT2D eigenvalue weighted by Crippen LogP contribution is -2.04. The first-order valence-electron chi connectivity index (χ1n) is 4.41. The lowest BCUT2D eigenvalue weighted by atomic mass is 9.99. The molecule has 1 rings (SSSR count). The van der Waals surface area contributed by atoms with Gasteiger partial charge in [-0.05, 0) is 19.3 Å². The van der Waals surface area contributed by atoms with Crippen LogP contribution in [0.3, 0.4) is 0 Å². The Bertz CT molecular complexity index is 101. The summed E-state index contributed by atoms with van der Waals surface area (Å²) in [6.45, 7) is 6.70. The largest absolute Gasteiger partial charge is 0.370 e. The van der Waals surface area contributed by atoms with Gasteiger partial charge in [0.1, 0.15) is 0 Å². The molecule has 0 aromatic rings. The Hall–Kier alpha value is -0.0400. The summed E-state index contributed by atoms with van der Waals surface area (Å²) >= 11 is 0. The van der Waals surface area contributed by atoms with E-state index in [1.54, 1.807) is 0 Å². The molecule has 1 heterocycles. The Morgan fingerprint density at radius 2 is 2.10 bits per heavy atom. The van der Waals surface area contributed by atoms with Crippen molar-refractivity contribution >= 4 is 0 Å². The van der Waals surface area contributed by atoms with Crippen LogP contribution < -0.4 is 0 Å². The van der Waals surface area contributed by atoms with Crippen LogP contribution in [0.4, 0.5) is 0 Å². The summed E-state index contributed by atoms with van der Waals surface area (Å²) in [7, 11) is 0. The van der Waals surface area contributed by atoms with Crippen LogP contribution in [-0.2, 0) is 4.74 Å². The number of unbranched alkanes of at least 4 members (excludes halogenated alkanes) is 1. The van der Waals surface area contributed by atoms with Crippen LogP contribution >= 0.6 is 0 Å². The van der Waals surface area contributed by atoms with E-state index in [1.807, 2.05) is 0 Å². The van der Waals surface area contributed by atoms with E-state index in [9.17, 15) is 0 Å². The van der Waals surface area contributed by atoms with E-state index in [0.29, 0.717) is 12.2 Å². The van der Waals surface area contributed by atoms with Crippen LogP contribution in [0.15, 0.2) is 0 Å². The summed E-state index contributed by atoms with van der Waals surface area (Å²) in [5.74, 6) is 0.787. The third-order valence-corrected chi connectivity index (χ3v) is 2.33. The molecule has 3 atom stereocenters. The van der Waals surface area contributed by atoms with Gasteiger partial charge < -0.3 is 4.74 Å². The van der Waals surface area contributed by atoms with E-state index in [2.05, 4.69) is 20.8 Å². The highest BCUT2D eigenvalue weighted by Gasteiger charge is 2.38. The van der Waals surface area contributed by atoms with Crippen molar-refractivity contribution in [2.24, 2.45) is 5.92 Å². The minimum atomic E-state index is 0.548. The molecule has 0 aromatic heterocycles. The fourth-order valence-electron chi connectivity index (χ4n) is 1.49. The Morgan fingerprint density at radius 1 is 1.50 bits per heavy atom. The first-order chi connectivity index (χ1) is 4.75. The third-order valence-electron chi connectivity index (χ3n) is 2.33. The maximum Gasteiger partial charge on any atom is 0.0864 e. The van der Waals surface area contributed by atoms with Crippen molar-refractivity contribution in [3.05, 3.63) is 0 Å². The second-order valence-electron chi connectivity index (χ2n) is 3.43. The zero-order valence-corrected chi connectivity index (χ0v) is 7.26. The topological polar surface area (TPSA) is 12.5 Å². The zero-order valence-electron chi connectivity index (χ0n) is 7.26. The zero-order chi connectivity index (χ0) is 7.56. The fraction of sp³-hybridized carbons (Fsp3) is 1.00. The van der Waals surface area contributed by atoms with Gasteiger partial charge in [0.15, 0.2) is 0 Å². The monoisotopic (exact) mass is 142 g/mol. The first-order valence-corrected chi connectivity index (χ1v) is 4.41. The Labute approximate surface area is 63.8 Å². The molecule has 0 radical (unpaired) electrons. The van der Waals surface area contributed by atoms with E-state index in [-0.39, 0.29) is 0 Å². The minimum absolute atomic E-state index is 0.548. The average molecular weight is 142 g/mol. The van der Waals surface area contributed by atoms with Crippen molar-refractivity contribution in [2.45, 2.75) is 52.2 Å². The van der Waals surface area contributed by atoms with Gasteiger partial charge in [-0.1, -0.05) is 26.7 Å². The number of ether oxygens (including phenoxy) is 1. The smallest absolute Gasteiger partial charge is 0.0864 e. The van der Waals surface area contributed by atoms with Gasteiger partial charge in [-0.3, -0.25) is 0 Å². The van der Waals surface area contributed by atoms with Crippen molar-refractivity contribution in [3.63, 3.8) is 0 Å². The van der Waals surface area contributed by atoms with Gasteiger partial charge in [-0.15, -0.1) is 0 Å². The van der Waals surface area contributed by atoms with Gasteiger partial charge in [0.05, 0.1) is 12.2 Å². The highest BCUT2D eigenvalue weighted by atomic mass is 16.6. The van der Waals surface area contributed by atoms with Crippen molar-refractivity contribution < 1.29 is 4.74 Å². The third kappa shape index (κ3) is 1.98. The molecule has 0 aromatic carbocycles. The van der Waals surface area contributed by atoms with Gasteiger partial charge in [-0.25, -0.2) is 0 Å². The standard InChI is InChI=1S/C9H18O/c1-4-5-6-7(2)9-8(3)10-9/h7-9H,4-6H2,1-3H3/t7-,8+,9-/m1/s1. The summed E-state index contributed by atoms with van der Waals surface area (Å²) < 4.78 is 5.38. The van der Waals surface area contributed by atoms with Crippen LogP contribution in [0.1, 0.15) is 40.0 Å². The van der Waals surface area contributed by atoms with Crippen molar-refractivity contribution in [2.75, 3.05) is 0 Å². The average Bonchev–Trinajstić information content (AvgIpc) is 2.62. The highest BCUT2D eigenvalue weighted by molar-refractivity contribution is 4.84. The van der Waals surface area contributed by atoms with E-state index in [0.717, 1.165) is 5.92 Å². The van der Waals surface area contributed by atoms with Crippen molar-refractivity contribution in [1.82, 2.24) is 0 Å². The molecule has 0 saturated carbocycles. The molecule has 0 spiro atoms. The van der Waals surface area contributed by atoms with Gasteiger partial charge >= 0.3 is 0 Å². The van der Waals surface area contributed by atoms with Crippen LogP contribution in [0.5, 0.6) is 0 Å².